The predicted octanol–water partition coefficient (Wildman–Crippen LogP) is 1.66. The van der Waals surface area contributed by atoms with E-state index in [1.165, 1.54) is 19.2 Å². The van der Waals surface area contributed by atoms with Crippen LogP contribution in [0.2, 0.25) is 0 Å². The maximum atomic E-state index is 13.8. The van der Waals surface area contributed by atoms with Gasteiger partial charge < -0.3 is 15.0 Å². The molecule has 2 saturated heterocycles. The van der Waals surface area contributed by atoms with Crippen molar-refractivity contribution in [3.8, 4) is 5.75 Å². The van der Waals surface area contributed by atoms with Crippen molar-refractivity contribution in [2.75, 3.05) is 20.2 Å². The summed E-state index contributed by atoms with van der Waals surface area (Å²) < 4.78 is 18.6. The number of fused-ring (bicyclic) bond motifs is 1. The van der Waals surface area contributed by atoms with E-state index in [4.69, 9.17) is 4.74 Å². The van der Waals surface area contributed by atoms with Gasteiger partial charge in [0.2, 0.25) is 0 Å². The second-order valence-electron chi connectivity index (χ2n) is 5.63. The van der Waals surface area contributed by atoms with Crippen LogP contribution in [0, 0.1) is 11.7 Å². The SMILES string of the molecule is COc1ccc(C(=O)N2C(C)CC3CNCC32)cc1F. The van der Waals surface area contributed by atoms with Crippen LogP contribution < -0.4 is 10.1 Å². The van der Waals surface area contributed by atoms with Crippen molar-refractivity contribution in [1.82, 2.24) is 10.2 Å². The van der Waals surface area contributed by atoms with Crippen LogP contribution in [-0.2, 0) is 0 Å². The van der Waals surface area contributed by atoms with Crippen molar-refractivity contribution in [2.24, 2.45) is 5.92 Å². The lowest BCUT2D eigenvalue weighted by Crippen LogP contribution is -2.42. The molecule has 1 aromatic carbocycles. The number of rotatable bonds is 2. The van der Waals surface area contributed by atoms with Gasteiger partial charge in [-0.25, -0.2) is 4.39 Å². The molecule has 5 heteroatoms. The van der Waals surface area contributed by atoms with Gasteiger partial charge in [-0.3, -0.25) is 4.79 Å². The van der Waals surface area contributed by atoms with Crippen LogP contribution in [0.4, 0.5) is 4.39 Å². The fourth-order valence-electron chi connectivity index (χ4n) is 3.46. The molecule has 3 unspecified atom stereocenters. The minimum Gasteiger partial charge on any atom is -0.494 e. The molecule has 0 aliphatic carbocycles. The molecule has 4 nitrogen and oxygen atoms in total. The molecular weight excluding hydrogens is 259 g/mol. The smallest absolute Gasteiger partial charge is 0.254 e. The summed E-state index contributed by atoms with van der Waals surface area (Å²) in [7, 11) is 1.41. The summed E-state index contributed by atoms with van der Waals surface area (Å²) in [5.41, 5.74) is 0.391. The van der Waals surface area contributed by atoms with Crippen molar-refractivity contribution in [3.05, 3.63) is 29.6 Å². The fourth-order valence-corrected chi connectivity index (χ4v) is 3.46. The van der Waals surface area contributed by atoms with Gasteiger partial charge in [-0.1, -0.05) is 0 Å². The number of hydrogen-bond acceptors (Lipinski definition) is 3. The number of likely N-dealkylation sites (tertiary alicyclic amines) is 1. The Morgan fingerprint density at radius 1 is 1.45 bits per heavy atom. The lowest BCUT2D eigenvalue weighted by molar-refractivity contribution is 0.0681. The lowest BCUT2D eigenvalue weighted by Gasteiger charge is -2.27. The average molecular weight is 278 g/mol. The van der Waals surface area contributed by atoms with E-state index < -0.39 is 5.82 Å². The van der Waals surface area contributed by atoms with Crippen LogP contribution in [0.3, 0.4) is 0 Å². The van der Waals surface area contributed by atoms with Crippen LogP contribution >= 0.6 is 0 Å². The van der Waals surface area contributed by atoms with Gasteiger partial charge in [0, 0.05) is 30.7 Å². The summed E-state index contributed by atoms with van der Waals surface area (Å²) in [4.78, 5) is 14.6. The van der Waals surface area contributed by atoms with Crippen LogP contribution in [0.1, 0.15) is 23.7 Å². The highest BCUT2D eigenvalue weighted by molar-refractivity contribution is 5.95. The molecule has 1 aromatic rings. The minimum atomic E-state index is -0.494. The Hall–Kier alpha value is -1.62. The largest absolute Gasteiger partial charge is 0.494 e. The fraction of sp³-hybridized carbons (Fsp3) is 0.533. The molecule has 1 amide bonds. The molecule has 1 N–H and O–H groups in total. The Labute approximate surface area is 117 Å². The standard InChI is InChI=1S/C15H19FN2O2/c1-9-5-11-7-17-8-13(11)18(9)15(19)10-3-4-14(20-2)12(16)6-10/h3-4,6,9,11,13,17H,5,7-8H2,1-2H3. The molecule has 2 aliphatic heterocycles. The molecule has 2 aliphatic rings. The Morgan fingerprint density at radius 2 is 2.25 bits per heavy atom. The van der Waals surface area contributed by atoms with Gasteiger partial charge in [-0.2, -0.15) is 0 Å². The van der Waals surface area contributed by atoms with E-state index in [1.54, 1.807) is 6.07 Å². The monoisotopic (exact) mass is 278 g/mol. The minimum absolute atomic E-state index is 0.0877. The predicted molar refractivity (Wildman–Crippen MR) is 73.3 cm³/mol. The molecule has 2 heterocycles. The topological polar surface area (TPSA) is 41.6 Å². The van der Waals surface area contributed by atoms with Crippen LogP contribution in [0.15, 0.2) is 18.2 Å². The van der Waals surface area contributed by atoms with E-state index in [9.17, 15) is 9.18 Å². The van der Waals surface area contributed by atoms with Crippen LogP contribution in [0.5, 0.6) is 5.75 Å². The van der Waals surface area contributed by atoms with E-state index in [1.807, 2.05) is 4.90 Å². The number of benzene rings is 1. The number of hydrogen-bond donors (Lipinski definition) is 1. The average Bonchev–Trinajstić information content (AvgIpc) is 2.97. The van der Waals surface area contributed by atoms with E-state index in [2.05, 4.69) is 12.2 Å². The highest BCUT2D eigenvalue weighted by atomic mass is 19.1. The second-order valence-corrected chi connectivity index (χ2v) is 5.63. The third-order valence-corrected chi connectivity index (χ3v) is 4.41. The van der Waals surface area contributed by atoms with Crippen molar-refractivity contribution >= 4 is 5.91 Å². The van der Waals surface area contributed by atoms with E-state index in [-0.39, 0.29) is 23.7 Å². The second kappa shape index (κ2) is 5.05. The Morgan fingerprint density at radius 3 is 2.95 bits per heavy atom. The maximum absolute atomic E-state index is 13.8. The number of nitrogens with zero attached hydrogens (tertiary/aromatic N) is 1. The van der Waals surface area contributed by atoms with Crippen molar-refractivity contribution in [1.29, 1.82) is 0 Å². The van der Waals surface area contributed by atoms with E-state index in [0.717, 1.165) is 19.5 Å². The van der Waals surface area contributed by atoms with Crippen LogP contribution in [0.25, 0.3) is 0 Å². The molecule has 3 atom stereocenters. The number of nitrogens with one attached hydrogen (secondary N) is 1. The highest BCUT2D eigenvalue weighted by Crippen LogP contribution is 2.33. The van der Waals surface area contributed by atoms with Crippen molar-refractivity contribution in [3.63, 3.8) is 0 Å². The van der Waals surface area contributed by atoms with Gasteiger partial charge in [0.05, 0.1) is 7.11 Å². The van der Waals surface area contributed by atoms with Crippen molar-refractivity contribution in [2.45, 2.75) is 25.4 Å². The molecular formula is C15H19FN2O2. The number of ether oxygens (including phenoxy) is 1. The first-order valence-electron chi connectivity index (χ1n) is 6.98. The first kappa shape index (κ1) is 13.4. The van der Waals surface area contributed by atoms with Gasteiger partial charge in [0.15, 0.2) is 11.6 Å². The summed E-state index contributed by atoms with van der Waals surface area (Å²) in [6, 6.07) is 4.86. The quantitative estimate of drug-likeness (QED) is 0.894. The Kier molecular flexibility index (Phi) is 3.38. The molecule has 0 bridgehead atoms. The lowest BCUT2D eigenvalue weighted by atomic mass is 10.0. The van der Waals surface area contributed by atoms with Gasteiger partial charge in [-0.15, -0.1) is 0 Å². The summed E-state index contributed by atoms with van der Waals surface area (Å²) >= 11 is 0. The summed E-state index contributed by atoms with van der Waals surface area (Å²) in [5, 5.41) is 3.32. The normalized spacial score (nSPS) is 28.6. The molecule has 2 fully saturated rings. The third-order valence-electron chi connectivity index (χ3n) is 4.41. The Bertz CT molecular complexity index is 535. The van der Waals surface area contributed by atoms with Gasteiger partial charge in [-0.05, 0) is 37.5 Å². The molecule has 3 rings (SSSR count). The van der Waals surface area contributed by atoms with E-state index >= 15 is 0 Å². The first-order valence-corrected chi connectivity index (χ1v) is 6.98. The third kappa shape index (κ3) is 2.06. The van der Waals surface area contributed by atoms with Gasteiger partial charge >= 0.3 is 0 Å². The Balaban J connectivity index is 1.86. The molecule has 0 aromatic heterocycles. The zero-order chi connectivity index (χ0) is 14.3. The zero-order valence-corrected chi connectivity index (χ0v) is 11.7. The molecule has 108 valence electrons. The summed E-state index contributed by atoms with van der Waals surface area (Å²) in [6.07, 6.45) is 1.02. The number of carbonyl (C=O) groups excluding carboxylic acids is 1. The van der Waals surface area contributed by atoms with E-state index in [0.29, 0.717) is 11.5 Å². The number of methoxy groups -OCH3 is 1. The van der Waals surface area contributed by atoms with Gasteiger partial charge in [0.1, 0.15) is 0 Å². The molecule has 0 spiro atoms. The number of halogens is 1. The van der Waals surface area contributed by atoms with Crippen LogP contribution in [-0.4, -0.2) is 43.1 Å². The first-order chi connectivity index (χ1) is 9.61. The molecule has 0 saturated carbocycles. The highest BCUT2D eigenvalue weighted by Gasteiger charge is 2.44. The van der Waals surface area contributed by atoms with Crippen molar-refractivity contribution < 1.29 is 13.9 Å². The maximum Gasteiger partial charge on any atom is 0.254 e. The number of amides is 1. The molecule has 0 radical (unpaired) electrons. The summed E-state index contributed by atoms with van der Waals surface area (Å²) in [5.74, 6) is 0.107. The summed E-state index contributed by atoms with van der Waals surface area (Å²) in [6.45, 7) is 3.87. The zero-order valence-electron chi connectivity index (χ0n) is 11.7. The molecule has 20 heavy (non-hydrogen) atoms. The van der Waals surface area contributed by atoms with Gasteiger partial charge in [0.25, 0.3) is 5.91 Å². The number of carbonyl (C=O) groups is 1.